The fourth-order valence-corrected chi connectivity index (χ4v) is 3.03. The summed E-state index contributed by atoms with van der Waals surface area (Å²) in [7, 11) is -4.15. The van der Waals surface area contributed by atoms with Crippen LogP contribution in [0.3, 0.4) is 0 Å². The van der Waals surface area contributed by atoms with Crippen molar-refractivity contribution in [2.24, 2.45) is 5.73 Å². The highest BCUT2D eigenvalue weighted by Gasteiger charge is 2.31. The zero-order valence-electron chi connectivity index (χ0n) is 10.7. The predicted molar refractivity (Wildman–Crippen MR) is 72.8 cm³/mol. The minimum absolute atomic E-state index is 0.273. The molecule has 0 heterocycles. The van der Waals surface area contributed by atoms with E-state index in [9.17, 15) is 22.8 Å². The molecule has 1 aromatic rings. The smallest absolute Gasteiger partial charge is 0.337 e. The summed E-state index contributed by atoms with van der Waals surface area (Å²) >= 11 is 5.68. The average molecular weight is 335 g/mol. The molecule has 8 nitrogen and oxygen atoms in total. The largest absolute Gasteiger partial charge is 0.478 e. The van der Waals surface area contributed by atoms with Crippen LogP contribution in [0.5, 0.6) is 0 Å². The molecule has 0 aliphatic heterocycles. The number of halogens is 1. The van der Waals surface area contributed by atoms with E-state index in [0.717, 1.165) is 25.1 Å². The molecular weight excluding hydrogens is 324 g/mol. The first kappa shape index (κ1) is 16.9. The van der Waals surface area contributed by atoms with Crippen LogP contribution in [-0.4, -0.2) is 36.7 Å². The molecule has 3 amide bonds. The maximum Gasteiger partial charge on any atom is 0.337 e. The number of carboxylic acid groups (broad SMARTS) is 1. The molecule has 21 heavy (non-hydrogen) atoms. The lowest BCUT2D eigenvalue weighted by atomic mass is 10.2. The van der Waals surface area contributed by atoms with Gasteiger partial charge in [0, 0.05) is 0 Å². The summed E-state index contributed by atoms with van der Waals surface area (Å²) in [5, 5.41) is 8.58. The molecular formula is C11H11ClN2O6S. The zero-order valence-corrected chi connectivity index (χ0v) is 12.2. The number of aromatic carboxylic acids is 1. The lowest BCUT2D eigenvalue weighted by Gasteiger charge is -2.12. The highest BCUT2D eigenvalue weighted by molar-refractivity contribution is 7.92. The monoisotopic (exact) mass is 334 g/mol. The van der Waals surface area contributed by atoms with E-state index in [1.165, 1.54) is 0 Å². The van der Waals surface area contributed by atoms with Gasteiger partial charge >= 0.3 is 12.0 Å². The van der Waals surface area contributed by atoms with Crippen molar-refractivity contribution in [3.63, 3.8) is 0 Å². The summed E-state index contributed by atoms with van der Waals surface area (Å²) in [4.78, 5) is 32.5. The van der Waals surface area contributed by atoms with E-state index in [4.69, 9.17) is 22.4 Å². The molecule has 0 radical (unpaired) electrons. The quantitative estimate of drug-likeness (QED) is 0.726. The number of amides is 3. The molecule has 1 atom stereocenters. The Kier molecular flexibility index (Phi) is 4.92. The highest BCUT2D eigenvalue weighted by atomic mass is 35.5. The Labute approximate surface area is 124 Å². The second-order valence-electron chi connectivity index (χ2n) is 3.99. The summed E-state index contributed by atoms with van der Waals surface area (Å²) in [6.45, 7) is 1.06. The number of imide groups is 1. The van der Waals surface area contributed by atoms with Gasteiger partial charge in [0.15, 0.2) is 9.84 Å². The van der Waals surface area contributed by atoms with Gasteiger partial charge in [0.2, 0.25) is 5.91 Å². The molecule has 1 aromatic carbocycles. The second-order valence-corrected chi connectivity index (χ2v) is 6.66. The van der Waals surface area contributed by atoms with E-state index in [0.29, 0.717) is 0 Å². The summed E-state index contributed by atoms with van der Waals surface area (Å²) in [6, 6.07) is 1.77. The number of rotatable bonds is 4. The zero-order chi connectivity index (χ0) is 16.4. The summed E-state index contributed by atoms with van der Waals surface area (Å²) in [5.74, 6) is -2.41. The molecule has 0 aromatic heterocycles. The van der Waals surface area contributed by atoms with E-state index in [-0.39, 0.29) is 15.5 Å². The van der Waals surface area contributed by atoms with Crippen molar-refractivity contribution in [3.8, 4) is 0 Å². The number of hydrogen-bond donors (Lipinski definition) is 3. The predicted octanol–water partition coefficient (Wildman–Crippen LogP) is 0.395. The Morgan fingerprint density at radius 3 is 2.33 bits per heavy atom. The van der Waals surface area contributed by atoms with Crippen molar-refractivity contribution in [2.45, 2.75) is 17.1 Å². The molecule has 0 aliphatic carbocycles. The average Bonchev–Trinajstić information content (AvgIpc) is 2.36. The number of primary amides is 1. The first-order valence-corrected chi connectivity index (χ1v) is 7.37. The maximum absolute atomic E-state index is 12.2. The summed E-state index contributed by atoms with van der Waals surface area (Å²) in [6.07, 6.45) is 0. The lowest BCUT2D eigenvalue weighted by molar-refractivity contribution is -0.119. The molecule has 114 valence electrons. The van der Waals surface area contributed by atoms with Gasteiger partial charge in [-0.25, -0.2) is 18.0 Å². The molecule has 0 saturated heterocycles. The van der Waals surface area contributed by atoms with Crippen molar-refractivity contribution in [3.05, 3.63) is 28.8 Å². The highest BCUT2D eigenvalue weighted by Crippen LogP contribution is 2.23. The number of nitrogens with two attached hydrogens (primary N) is 1. The van der Waals surface area contributed by atoms with Crippen molar-refractivity contribution in [2.75, 3.05) is 0 Å². The van der Waals surface area contributed by atoms with Gasteiger partial charge < -0.3 is 10.8 Å². The topological polar surface area (TPSA) is 144 Å². The van der Waals surface area contributed by atoms with Gasteiger partial charge in [-0.05, 0) is 25.1 Å². The van der Waals surface area contributed by atoms with Crippen LogP contribution in [0.4, 0.5) is 4.79 Å². The van der Waals surface area contributed by atoms with Crippen LogP contribution in [0.1, 0.15) is 17.3 Å². The first-order chi connectivity index (χ1) is 9.57. The third-order valence-electron chi connectivity index (χ3n) is 2.58. The molecule has 10 heteroatoms. The fraction of sp³-hybridized carbons (Fsp3) is 0.182. The standard InChI is InChI=1S/C11H11ClN2O6S/c1-5(9(15)14-11(13)18)21(19,20)6-2-3-7(10(16)17)8(12)4-6/h2-5H,1H3,(H,16,17)(H3,13,14,15,18). The number of carboxylic acids is 1. The Bertz CT molecular complexity index is 715. The number of sulfone groups is 1. The molecule has 4 N–H and O–H groups in total. The van der Waals surface area contributed by atoms with Gasteiger partial charge in [0.25, 0.3) is 0 Å². The van der Waals surface area contributed by atoms with Gasteiger partial charge in [0.1, 0.15) is 5.25 Å². The van der Waals surface area contributed by atoms with Crippen LogP contribution in [-0.2, 0) is 14.6 Å². The van der Waals surface area contributed by atoms with Crippen LogP contribution in [0.15, 0.2) is 23.1 Å². The third-order valence-corrected chi connectivity index (χ3v) is 4.95. The van der Waals surface area contributed by atoms with Gasteiger partial charge in [-0.1, -0.05) is 11.6 Å². The molecule has 0 aliphatic rings. The summed E-state index contributed by atoms with van der Waals surface area (Å²) < 4.78 is 24.3. The van der Waals surface area contributed by atoms with Crippen LogP contribution in [0.25, 0.3) is 0 Å². The first-order valence-electron chi connectivity index (χ1n) is 5.44. The minimum atomic E-state index is -4.15. The van der Waals surface area contributed by atoms with Gasteiger partial charge in [-0.15, -0.1) is 0 Å². The number of nitrogens with one attached hydrogen (secondary N) is 1. The SMILES string of the molecule is CC(C(=O)NC(N)=O)S(=O)(=O)c1ccc(C(=O)O)c(Cl)c1. The van der Waals surface area contributed by atoms with Crippen molar-refractivity contribution in [1.82, 2.24) is 5.32 Å². The van der Waals surface area contributed by atoms with Gasteiger partial charge in [-0.2, -0.15) is 0 Å². The van der Waals surface area contributed by atoms with E-state index in [2.05, 4.69) is 0 Å². The maximum atomic E-state index is 12.2. The van der Waals surface area contributed by atoms with E-state index in [1.807, 2.05) is 0 Å². The molecule has 0 spiro atoms. The second kappa shape index (κ2) is 6.10. The van der Waals surface area contributed by atoms with Crippen LogP contribution in [0.2, 0.25) is 5.02 Å². The Hall–Kier alpha value is -2.13. The van der Waals surface area contributed by atoms with Crippen molar-refractivity contribution >= 4 is 39.3 Å². The van der Waals surface area contributed by atoms with Crippen LogP contribution >= 0.6 is 11.6 Å². The Morgan fingerprint density at radius 1 is 1.33 bits per heavy atom. The third kappa shape index (κ3) is 3.70. The number of carbonyl (C=O) groups is 3. The van der Waals surface area contributed by atoms with Crippen LogP contribution < -0.4 is 11.1 Å². The van der Waals surface area contributed by atoms with Crippen LogP contribution in [0, 0.1) is 0 Å². The van der Waals surface area contributed by atoms with E-state index in [1.54, 1.807) is 5.32 Å². The van der Waals surface area contributed by atoms with Gasteiger partial charge in [-0.3, -0.25) is 10.1 Å². The Morgan fingerprint density at radius 2 is 1.90 bits per heavy atom. The van der Waals surface area contributed by atoms with Gasteiger partial charge in [0.05, 0.1) is 15.5 Å². The number of urea groups is 1. The minimum Gasteiger partial charge on any atom is -0.478 e. The molecule has 0 saturated carbocycles. The number of carbonyl (C=O) groups excluding carboxylic acids is 2. The molecule has 0 bridgehead atoms. The molecule has 1 unspecified atom stereocenters. The Balaban J connectivity index is 3.19. The summed E-state index contributed by atoms with van der Waals surface area (Å²) in [5.41, 5.74) is 4.47. The van der Waals surface area contributed by atoms with E-state index < -0.39 is 33.0 Å². The number of hydrogen-bond acceptors (Lipinski definition) is 5. The fourth-order valence-electron chi connectivity index (χ4n) is 1.41. The van der Waals surface area contributed by atoms with Crippen molar-refractivity contribution < 1.29 is 27.9 Å². The number of benzene rings is 1. The molecule has 0 fully saturated rings. The molecule has 1 rings (SSSR count). The van der Waals surface area contributed by atoms with Crippen molar-refractivity contribution in [1.29, 1.82) is 0 Å². The lowest BCUT2D eigenvalue weighted by Crippen LogP contribution is -2.43. The normalized spacial score (nSPS) is 12.5. The van der Waals surface area contributed by atoms with E-state index >= 15 is 0 Å².